The summed E-state index contributed by atoms with van der Waals surface area (Å²) in [4.78, 5) is 17.3. The maximum absolute atomic E-state index is 12.2. The van der Waals surface area contributed by atoms with E-state index in [1.54, 1.807) is 0 Å². The van der Waals surface area contributed by atoms with E-state index in [4.69, 9.17) is 9.47 Å². The Bertz CT molecular complexity index is 923. The second kappa shape index (κ2) is 6.57. The molecule has 1 N–H and O–H groups in total. The molecule has 0 aliphatic carbocycles. The first-order valence-corrected chi connectivity index (χ1v) is 9.15. The van der Waals surface area contributed by atoms with Gasteiger partial charge in [0.05, 0.1) is 10.6 Å². The molecule has 4 rings (SSSR count). The number of nitrogens with zero attached hydrogens (tertiary/aromatic N) is 1. The van der Waals surface area contributed by atoms with Gasteiger partial charge in [0, 0.05) is 4.47 Å². The normalized spacial score (nSPS) is 18.9. The Labute approximate surface area is 157 Å². The first-order valence-electron chi connectivity index (χ1n) is 7.54. The summed E-state index contributed by atoms with van der Waals surface area (Å²) in [5.41, 5.74) is 2.82. The number of rotatable bonds is 2. The van der Waals surface area contributed by atoms with Gasteiger partial charge in [0.15, 0.2) is 16.7 Å². The number of aliphatic imine (C=N–C) groups is 1. The third kappa shape index (κ3) is 3.43. The zero-order valence-corrected chi connectivity index (χ0v) is 15.6. The molecule has 7 heteroatoms. The molecule has 1 saturated heterocycles. The van der Waals surface area contributed by atoms with Gasteiger partial charge >= 0.3 is 0 Å². The molecule has 2 aromatic carbocycles. The van der Waals surface area contributed by atoms with Crippen LogP contribution >= 0.6 is 27.7 Å². The van der Waals surface area contributed by atoms with Crippen molar-refractivity contribution in [3.8, 4) is 11.5 Å². The molecule has 126 valence electrons. The first-order chi connectivity index (χ1) is 12.1. The number of carbonyl (C=O) groups is 1. The Morgan fingerprint density at radius 1 is 1.20 bits per heavy atom. The summed E-state index contributed by atoms with van der Waals surface area (Å²) in [5.74, 6) is 1.20. The van der Waals surface area contributed by atoms with Crippen LogP contribution in [0, 0.1) is 6.92 Å². The van der Waals surface area contributed by atoms with Crippen LogP contribution < -0.4 is 14.8 Å². The zero-order chi connectivity index (χ0) is 17.4. The predicted octanol–water partition coefficient (Wildman–Crippen LogP) is 4.38. The molecule has 2 aromatic rings. The van der Waals surface area contributed by atoms with E-state index in [0.29, 0.717) is 21.6 Å². The average Bonchev–Trinajstić information content (AvgIpc) is 3.16. The number of ether oxygens (including phenoxy) is 2. The van der Waals surface area contributed by atoms with E-state index in [-0.39, 0.29) is 12.7 Å². The summed E-state index contributed by atoms with van der Waals surface area (Å²) < 4.78 is 11.6. The maximum Gasteiger partial charge on any atom is 0.264 e. The van der Waals surface area contributed by atoms with Crippen LogP contribution in [0.2, 0.25) is 0 Å². The van der Waals surface area contributed by atoms with Crippen LogP contribution in [-0.2, 0) is 4.79 Å². The Balaban J connectivity index is 1.60. The van der Waals surface area contributed by atoms with Crippen molar-refractivity contribution in [3.05, 3.63) is 56.9 Å². The van der Waals surface area contributed by atoms with Gasteiger partial charge in [-0.1, -0.05) is 33.6 Å². The van der Waals surface area contributed by atoms with Gasteiger partial charge in [0.1, 0.15) is 0 Å². The fourth-order valence-corrected chi connectivity index (χ4v) is 3.67. The van der Waals surface area contributed by atoms with Crippen LogP contribution in [0.3, 0.4) is 0 Å². The van der Waals surface area contributed by atoms with Gasteiger partial charge in [-0.25, -0.2) is 4.99 Å². The Morgan fingerprint density at radius 3 is 2.68 bits per heavy atom. The Morgan fingerprint density at radius 2 is 1.92 bits per heavy atom. The van der Waals surface area contributed by atoms with Crippen LogP contribution in [0.5, 0.6) is 11.5 Å². The number of hydrogen-bond acceptors (Lipinski definition) is 5. The fraction of sp³-hybridized carbons (Fsp3) is 0.111. The van der Waals surface area contributed by atoms with Gasteiger partial charge in [-0.05, 0) is 54.6 Å². The van der Waals surface area contributed by atoms with E-state index in [1.807, 2.05) is 49.4 Å². The summed E-state index contributed by atoms with van der Waals surface area (Å²) in [7, 11) is 0. The van der Waals surface area contributed by atoms with Gasteiger partial charge in [-0.2, -0.15) is 0 Å². The number of halogens is 1. The standard InChI is InChI=1S/C18H13BrN2O3S/c1-10-2-4-12(5-3-10)20-18-21-17(22)16(25-18)7-11-6-14-15(8-13(11)19)24-9-23-14/h2-8H,9H2,1H3,(H,20,21,22)/b16-7-. The number of thioether (sulfide) groups is 1. The van der Waals surface area contributed by atoms with Gasteiger partial charge in [-0.3, -0.25) is 4.79 Å². The molecule has 0 bridgehead atoms. The molecule has 0 aromatic heterocycles. The summed E-state index contributed by atoms with van der Waals surface area (Å²) in [6, 6.07) is 11.5. The minimum atomic E-state index is -0.166. The molecule has 0 radical (unpaired) electrons. The highest BCUT2D eigenvalue weighted by Crippen LogP contribution is 2.39. The third-order valence-electron chi connectivity index (χ3n) is 3.69. The summed E-state index contributed by atoms with van der Waals surface area (Å²) in [6.45, 7) is 2.23. The quantitative estimate of drug-likeness (QED) is 0.737. The van der Waals surface area contributed by atoms with Crippen molar-refractivity contribution in [1.29, 1.82) is 0 Å². The number of hydrogen-bond donors (Lipinski definition) is 1. The average molecular weight is 417 g/mol. The Hall–Kier alpha value is -2.25. The van der Waals surface area contributed by atoms with Crippen molar-refractivity contribution in [3.63, 3.8) is 0 Å². The van der Waals surface area contributed by atoms with Crippen molar-refractivity contribution >= 4 is 50.5 Å². The predicted molar refractivity (Wildman–Crippen MR) is 102 cm³/mol. The first kappa shape index (κ1) is 16.2. The minimum Gasteiger partial charge on any atom is -0.454 e. The molecule has 0 atom stereocenters. The minimum absolute atomic E-state index is 0.166. The van der Waals surface area contributed by atoms with Gasteiger partial charge in [0.2, 0.25) is 6.79 Å². The lowest BCUT2D eigenvalue weighted by molar-refractivity contribution is -0.115. The highest BCUT2D eigenvalue weighted by atomic mass is 79.9. The lowest BCUT2D eigenvalue weighted by Gasteiger charge is -2.02. The molecular formula is C18H13BrN2O3S. The number of nitrogens with one attached hydrogen (secondary N) is 1. The summed E-state index contributed by atoms with van der Waals surface area (Å²) in [6.07, 6.45) is 1.81. The highest BCUT2D eigenvalue weighted by Gasteiger charge is 2.25. The topological polar surface area (TPSA) is 59.9 Å². The van der Waals surface area contributed by atoms with Crippen LogP contribution in [-0.4, -0.2) is 17.9 Å². The maximum atomic E-state index is 12.2. The largest absolute Gasteiger partial charge is 0.454 e. The van der Waals surface area contributed by atoms with Crippen molar-refractivity contribution in [2.75, 3.05) is 6.79 Å². The molecule has 2 aliphatic rings. The number of carbonyl (C=O) groups excluding carboxylic acids is 1. The smallest absolute Gasteiger partial charge is 0.264 e. The van der Waals surface area contributed by atoms with Gasteiger partial charge in [-0.15, -0.1) is 0 Å². The molecule has 0 unspecified atom stereocenters. The van der Waals surface area contributed by atoms with Gasteiger partial charge in [0.25, 0.3) is 5.91 Å². The van der Waals surface area contributed by atoms with Crippen LogP contribution in [0.15, 0.2) is 50.8 Å². The van der Waals surface area contributed by atoms with E-state index >= 15 is 0 Å². The number of amides is 1. The summed E-state index contributed by atoms with van der Waals surface area (Å²) in [5, 5.41) is 3.36. The molecule has 2 heterocycles. The number of amidine groups is 1. The zero-order valence-electron chi connectivity index (χ0n) is 13.2. The van der Waals surface area contributed by atoms with Crippen molar-refractivity contribution in [2.45, 2.75) is 6.92 Å². The fourth-order valence-electron chi connectivity index (χ4n) is 2.40. The molecule has 5 nitrogen and oxygen atoms in total. The number of fused-ring (bicyclic) bond motifs is 1. The molecule has 1 amide bonds. The second-order valence-corrected chi connectivity index (χ2v) is 7.43. The van der Waals surface area contributed by atoms with E-state index in [9.17, 15) is 4.79 Å². The van der Waals surface area contributed by atoms with Crippen molar-refractivity contribution < 1.29 is 14.3 Å². The van der Waals surface area contributed by atoms with E-state index in [1.165, 1.54) is 17.3 Å². The molecule has 25 heavy (non-hydrogen) atoms. The van der Waals surface area contributed by atoms with Crippen molar-refractivity contribution in [2.24, 2.45) is 4.99 Å². The Kier molecular flexibility index (Phi) is 4.27. The molecule has 2 aliphatic heterocycles. The van der Waals surface area contributed by atoms with E-state index in [2.05, 4.69) is 26.2 Å². The van der Waals surface area contributed by atoms with Crippen LogP contribution in [0.1, 0.15) is 11.1 Å². The lowest BCUT2D eigenvalue weighted by Crippen LogP contribution is -2.19. The number of benzene rings is 2. The third-order valence-corrected chi connectivity index (χ3v) is 5.29. The lowest BCUT2D eigenvalue weighted by atomic mass is 10.2. The van der Waals surface area contributed by atoms with Crippen LogP contribution in [0.25, 0.3) is 6.08 Å². The highest BCUT2D eigenvalue weighted by molar-refractivity contribution is 9.10. The molecule has 0 saturated carbocycles. The monoisotopic (exact) mass is 416 g/mol. The van der Waals surface area contributed by atoms with E-state index in [0.717, 1.165) is 15.7 Å². The van der Waals surface area contributed by atoms with Crippen molar-refractivity contribution in [1.82, 2.24) is 5.32 Å². The van der Waals surface area contributed by atoms with Gasteiger partial charge < -0.3 is 14.8 Å². The number of aryl methyl sites for hydroxylation is 1. The molecule has 1 fully saturated rings. The SMILES string of the molecule is Cc1ccc(N=C2NC(=O)/C(=C/c3cc4c(cc3Br)OCO4)S2)cc1. The second-order valence-electron chi connectivity index (χ2n) is 5.54. The summed E-state index contributed by atoms with van der Waals surface area (Å²) >= 11 is 4.81. The van der Waals surface area contributed by atoms with Crippen LogP contribution in [0.4, 0.5) is 5.69 Å². The molecule has 0 spiro atoms. The molecular weight excluding hydrogens is 404 g/mol. The van der Waals surface area contributed by atoms with E-state index < -0.39 is 0 Å².